The smallest absolute Gasteiger partial charge is 0.254 e. The molecule has 1 aliphatic rings. The van der Waals surface area contributed by atoms with Crippen LogP contribution in [0, 0.1) is 0 Å². The van der Waals surface area contributed by atoms with Gasteiger partial charge in [-0.3, -0.25) is 4.79 Å². The Balaban J connectivity index is 1.82. The van der Waals surface area contributed by atoms with Crippen molar-refractivity contribution < 1.29 is 14.3 Å². The second kappa shape index (κ2) is 8.56. The molecule has 0 atom stereocenters. The molecule has 138 valence electrons. The highest BCUT2D eigenvalue weighted by Gasteiger charge is 2.25. The third-order valence-electron chi connectivity index (χ3n) is 4.84. The fraction of sp³-hybridized carbons (Fsp3) is 0.381. The van der Waals surface area contributed by atoms with Crippen molar-refractivity contribution in [3.63, 3.8) is 0 Å². The molecule has 2 aromatic rings. The van der Waals surface area contributed by atoms with Crippen molar-refractivity contribution in [3.05, 3.63) is 53.1 Å². The van der Waals surface area contributed by atoms with Crippen LogP contribution in [0.4, 0.5) is 0 Å². The van der Waals surface area contributed by atoms with Gasteiger partial charge in [0, 0.05) is 41.9 Å². The van der Waals surface area contributed by atoms with E-state index in [-0.39, 0.29) is 11.9 Å². The van der Waals surface area contributed by atoms with Crippen LogP contribution in [0.5, 0.6) is 5.75 Å². The largest absolute Gasteiger partial charge is 0.496 e. The van der Waals surface area contributed by atoms with Crippen LogP contribution in [0.15, 0.2) is 42.5 Å². The van der Waals surface area contributed by atoms with E-state index in [2.05, 4.69) is 0 Å². The van der Waals surface area contributed by atoms with Gasteiger partial charge in [-0.15, -0.1) is 0 Å². The molecule has 0 spiro atoms. The van der Waals surface area contributed by atoms with Crippen molar-refractivity contribution in [3.8, 4) is 16.9 Å². The zero-order valence-electron chi connectivity index (χ0n) is 15.2. The average Bonchev–Trinajstić information content (AvgIpc) is 2.69. The number of nitrogens with zero attached hydrogens (tertiary/aromatic N) is 1. The van der Waals surface area contributed by atoms with Crippen molar-refractivity contribution in [2.75, 3.05) is 26.9 Å². The van der Waals surface area contributed by atoms with Gasteiger partial charge in [-0.25, -0.2) is 0 Å². The van der Waals surface area contributed by atoms with E-state index in [0.717, 1.165) is 42.9 Å². The van der Waals surface area contributed by atoms with Gasteiger partial charge in [-0.2, -0.15) is 0 Å². The van der Waals surface area contributed by atoms with Gasteiger partial charge in [-0.1, -0.05) is 23.7 Å². The van der Waals surface area contributed by atoms with E-state index in [9.17, 15) is 4.79 Å². The molecule has 1 fully saturated rings. The minimum atomic E-state index is 0.0732. The summed E-state index contributed by atoms with van der Waals surface area (Å²) < 4.78 is 10.8. The Kier molecular flexibility index (Phi) is 6.17. The molecule has 0 aromatic heterocycles. The SMILES string of the molecule is CCN(C(=O)c1ccc(-c2cc(Cl)ccc2OC)cc1)C1CCOCC1. The maximum atomic E-state index is 12.9. The minimum absolute atomic E-state index is 0.0732. The zero-order chi connectivity index (χ0) is 18.5. The van der Waals surface area contributed by atoms with Crippen LogP contribution < -0.4 is 4.74 Å². The molecule has 1 amide bonds. The Morgan fingerprint density at radius 2 is 1.88 bits per heavy atom. The Labute approximate surface area is 159 Å². The van der Waals surface area contributed by atoms with Crippen LogP contribution in [0.1, 0.15) is 30.1 Å². The van der Waals surface area contributed by atoms with Crippen LogP contribution in [-0.2, 0) is 4.74 Å². The number of carbonyl (C=O) groups is 1. The van der Waals surface area contributed by atoms with E-state index in [0.29, 0.717) is 17.1 Å². The highest BCUT2D eigenvalue weighted by Crippen LogP contribution is 2.32. The molecule has 1 aliphatic heterocycles. The minimum Gasteiger partial charge on any atom is -0.496 e. The van der Waals surface area contributed by atoms with Gasteiger partial charge in [0.1, 0.15) is 5.75 Å². The zero-order valence-corrected chi connectivity index (χ0v) is 16.0. The fourth-order valence-corrected chi connectivity index (χ4v) is 3.60. The summed E-state index contributed by atoms with van der Waals surface area (Å²) in [5, 5.41) is 0.651. The van der Waals surface area contributed by atoms with Gasteiger partial charge in [0.25, 0.3) is 5.91 Å². The van der Waals surface area contributed by atoms with Crippen molar-refractivity contribution >= 4 is 17.5 Å². The lowest BCUT2D eigenvalue weighted by Crippen LogP contribution is -2.43. The van der Waals surface area contributed by atoms with Gasteiger partial charge in [0.15, 0.2) is 0 Å². The predicted octanol–water partition coefficient (Wildman–Crippen LogP) is 4.66. The summed E-state index contributed by atoms with van der Waals surface area (Å²) in [7, 11) is 1.64. The standard InChI is InChI=1S/C21H24ClNO3/c1-3-23(18-10-12-26-13-11-18)21(24)16-6-4-15(5-7-16)19-14-17(22)8-9-20(19)25-2/h4-9,14,18H,3,10-13H2,1-2H3. The molecule has 3 rings (SSSR count). The number of hydrogen-bond acceptors (Lipinski definition) is 3. The predicted molar refractivity (Wildman–Crippen MR) is 104 cm³/mol. The maximum absolute atomic E-state index is 12.9. The number of methoxy groups -OCH3 is 1. The first-order valence-corrected chi connectivity index (χ1v) is 9.34. The first-order chi connectivity index (χ1) is 12.6. The summed E-state index contributed by atoms with van der Waals surface area (Å²) in [4.78, 5) is 14.9. The molecule has 0 radical (unpaired) electrons. The molecule has 1 heterocycles. The van der Waals surface area contributed by atoms with Crippen molar-refractivity contribution in [1.29, 1.82) is 0 Å². The monoisotopic (exact) mass is 373 g/mol. The highest BCUT2D eigenvalue weighted by atomic mass is 35.5. The van der Waals surface area contributed by atoms with E-state index in [1.807, 2.05) is 48.2 Å². The molecule has 26 heavy (non-hydrogen) atoms. The molecule has 5 heteroatoms. The number of hydrogen-bond donors (Lipinski definition) is 0. The van der Waals surface area contributed by atoms with Crippen LogP contribution in [0.3, 0.4) is 0 Å². The van der Waals surface area contributed by atoms with E-state index >= 15 is 0 Å². The highest BCUT2D eigenvalue weighted by molar-refractivity contribution is 6.31. The first-order valence-electron chi connectivity index (χ1n) is 8.96. The van der Waals surface area contributed by atoms with Gasteiger partial charge in [0.2, 0.25) is 0 Å². The fourth-order valence-electron chi connectivity index (χ4n) is 3.43. The molecular weight excluding hydrogens is 350 g/mol. The second-order valence-corrected chi connectivity index (χ2v) is 6.79. The van der Waals surface area contributed by atoms with Gasteiger partial charge < -0.3 is 14.4 Å². The quantitative estimate of drug-likeness (QED) is 0.765. The number of halogens is 1. The Morgan fingerprint density at radius 1 is 1.19 bits per heavy atom. The maximum Gasteiger partial charge on any atom is 0.254 e. The molecule has 0 saturated carbocycles. The van der Waals surface area contributed by atoms with Crippen LogP contribution in [-0.4, -0.2) is 43.7 Å². The lowest BCUT2D eigenvalue weighted by Gasteiger charge is -2.33. The normalized spacial score (nSPS) is 14.9. The van der Waals surface area contributed by atoms with E-state index in [4.69, 9.17) is 21.1 Å². The third kappa shape index (κ3) is 4.02. The Morgan fingerprint density at radius 3 is 2.50 bits per heavy atom. The van der Waals surface area contributed by atoms with Crippen molar-refractivity contribution in [1.82, 2.24) is 4.90 Å². The first kappa shape index (κ1) is 18.7. The van der Waals surface area contributed by atoms with Gasteiger partial charge in [-0.05, 0) is 55.7 Å². The summed E-state index contributed by atoms with van der Waals surface area (Å²) >= 11 is 6.13. The molecule has 0 unspecified atom stereocenters. The van der Waals surface area contributed by atoms with E-state index in [1.54, 1.807) is 13.2 Å². The summed E-state index contributed by atoms with van der Waals surface area (Å²) in [5.74, 6) is 0.829. The molecule has 4 nitrogen and oxygen atoms in total. The summed E-state index contributed by atoms with van der Waals surface area (Å²) in [6, 6.07) is 13.4. The molecule has 1 saturated heterocycles. The molecule has 0 bridgehead atoms. The summed E-state index contributed by atoms with van der Waals surface area (Å²) in [5.41, 5.74) is 2.58. The number of benzene rings is 2. The molecule has 0 N–H and O–H groups in total. The average molecular weight is 374 g/mol. The lowest BCUT2D eigenvalue weighted by atomic mass is 10.0. The Hall–Kier alpha value is -2.04. The Bertz CT molecular complexity index is 754. The van der Waals surface area contributed by atoms with Crippen LogP contribution >= 0.6 is 11.6 Å². The molecule has 2 aromatic carbocycles. The number of ether oxygens (including phenoxy) is 2. The number of carbonyl (C=O) groups excluding carboxylic acids is 1. The lowest BCUT2D eigenvalue weighted by molar-refractivity contribution is 0.0305. The third-order valence-corrected chi connectivity index (χ3v) is 5.07. The molecule has 0 aliphatic carbocycles. The molecular formula is C21H24ClNO3. The number of amides is 1. The van der Waals surface area contributed by atoms with Crippen molar-refractivity contribution in [2.24, 2.45) is 0 Å². The summed E-state index contributed by atoms with van der Waals surface area (Å²) in [6.45, 7) is 4.18. The second-order valence-electron chi connectivity index (χ2n) is 6.36. The van der Waals surface area contributed by atoms with E-state index < -0.39 is 0 Å². The topological polar surface area (TPSA) is 38.8 Å². The van der Waals surface area contributed by atoms with Crippen molar-refractivity contribution in [2.45, 2.75) is 25.8 Å². The van der Waals surface area contributed by atoms with Gasteiger partial charge >= 0.3 is 0 Å². The van der Waals surface area contributed by atoms with E-state index in [1.165, 1.54) is 0 Å². The van der Waals surface area contributed by atoms with Crippen LogP contribution in [0.2, 0.25) is 5.02 Å². The summed E-state index contributed by atoms with van der Waals surface area (Å²) in [6.07, 6.45) is 1.80. The van der Waals surface area contributed by atoms with Gasteiger partial charge in [0.05, 0.1) is 7.11 Å². The number of rotatable bonds is 5. The van der Waals surface area contributed by atoms with Crippen LogP contribution in [0.25, 0.3) is 11.1 Å².